The van der Waals surface area contributed by atoms with Crippen LogP contribution in [0.4, 0.5) is 0 Å². The van der Waals surface area contributed by atoms with Gasteiger partial charge >= 0.3 is 0 Å². The Bertz CT molecular complexity index is 846. The number of hydrogen-bond acceptors (Lipinski definition) is 4. The van der Waals surface area contributed by atoms with Crippen molar-refractivity contribution in [3.63, 3.8) is 0 Å². The first kappa shape index (κ1) is 16.5. The fourth-order valence-corrected chi connectivity index (χ4v) is 3.11. The highest BCUT2D eigenvalue weighted by Crippen LogP contribution is 2.19. The molecule has 0 aliphatic rings. The van der Waals surface area contributed by atoms with E-state index >= 15 is 0 Å². The number of primary amides is 1. The maximum absolute atomic E-state index is 11.2. The van der Waals surface area contributed by atoms with Gasteiger partial charge in [-0.2, -0.15) is 0 Å². The monoisotopic (exact) mass is 358 g/mol. The standard InChI is InChI=1S/C18H15ClN2O2S/c19-14-6-4-12(5-7-14)8-17-21-15(11-24-17)10-23-16-3-1-2-13(9-16)18(20)22/h1-7,9,11H,8,10H2,(H2,20,22). The number of carbonyl (C=O) groups excluding carboxylic acids is 1. The molecule has 0 fully saturated rings. The Morgan fingerprint density at radius 3 is 2.75 bits per heavy atom. The number of aromatic nitrogens is 1. The zero-order chi connectivity index (χ0) is 16.9. The molecule has 2 N–H and O–H groups in total. The summed E-state index contributed by atoms with van der Waals surface area (Å²) in [5.41, 5.74) is 7.71. The highest BCUT2D eigenvalue weighted by Gasteiger charge is 2.06. The quantitative estimate of drug-likeness (QED) is 0.722. The Morgan fingerprint density at radius 1 is 1.21 bits per heavy atom. The lowest BCUT2D eigenvalue weighted by atomic mass is 10.2. The molecular weight excluding hydrogens is 344 g/mol. The summed E-state index contributed by atoms with van der Waals surface area (Å²) in [6.45, 7) is 0.347. The van der Waals surface area contributed by atoms with Crippen molar-refractivity contribution in [2.45, 2.75) is 13.0 Å². The molecule has 3 rings (SSSR count). The molecule has 122 valence electrons. The van der Waals surface area contributed by atoms with Crippen LogP contribution in [0.3, 0.4) is 0 Å². The highest BCUT2D eigenvalue weighted by molar-refractivity contribution is 7.09. The Morgan fingerprint density at radius 2 is 2.00 bits per heavy atom. The van der Waals surface area contributed by atoms with E-state index in [1.54, 1.807) is 35.6 Å². The van der Waals surface area contributed by atoms with Crippen molar-refractivity contribution in [1.29, 1.82) is 0 Å². The van der Waals surface area contributed by atoms with Crippen molar-refractivity contribution < 1.29 is 9.53 Å². The molecular formula is C18H15ClN2O2S. The Balaban J connectivity index is 1.61. The Kier molecular flexibility index (Phi) is 5.13. The van der Waals surface area contributed by atoms with E-state index in [-0.39, 0.29) is 0 Å². The predicted molar refractivity (Wildman–Crippen MR) is 95.7 cm³/mol. The second kappa shape index (κ2) is 7.47. The first-order chi connectivity index (χ1) is 11.6. The summed E-state index contributed by atoms with van der Waals surface area (Å²) in [7, 11) is 0. The maximum Gasteiger partial charge on any atom is 0.248 e. The summed E-state index contributed by atoms with van der Waals surface area (Å²) in [5, 5.41) is 3.72. The average Bonchev–Trinajstić information content (AvgIpc) is 3.03. The number of nitrogens with zero attached hydrogens (tertiary/aromatic N) is 1. The molecule has 24 heavy (non-hydrogen) atoms. The van der Waals surface area contributed by atoms with Crippen LogP contribution in [0.15, 0.2) is 53.9 Å². The van der Waals surface area contributed by atoms with Crippen LogP contribution in [0, 0.1) is 0 Å². The number of halogens is 1. The summed E-state index contributed by atoms with van der Waals surface area (Å²) >= 11 is 7.48. The molecule has 0 unspecified atom stereocenters. The first-order valence-electron chi connectivity index (χ1n) is 7.30. The second-order valence-electron chi connectivity index (χ2n) is 5.22. The minimum Gasteiger partial charge on any atom is -0.487 e. The number of ether oxygens (including phenoxy) is 1. The zero-order valence-corrected chi connectivity index (χ0v) is 14.3. The molecule has 0 atom stereocenters. The molecule has 0 saturated carbocycles. The van der Waals surface area contributed by atoms with Crippen molar-refractivity contribution >= 4 is 28.8 Å². The van der Waals surface area contributed by atoms with E-state index in [1.807, 2.05) is 29.6 Å². The van der Waals surface area contributed by atoms with E-state index in [9.17, 15) is 4.79 Å². The molecule has 1 heterocycles. The molecule has 0 saturated heterocycles. The van der Waals surface area contributed by atoms with E-state index in [4.69, 9.17) is 22.1 Å². The van der Waals surface area contributed by atoms with Gasteiger partial charge in [-0.15, -0.1) is 11.3 Å². The van der Waals surface area contributed by atoms with Gasteiger partial charge in [-0.05, 0) is 35.9 Å². The summed E-state index contributed by atoms with van der Waals surface area (Å²) in [6, 6.07) is 14.5. The SMILES string of the molecule is NC(=O)c1cccc(OCc2csc(Cc3ccc(Cl)cc3)n2)c1. The van der Waals surface area contributed by atoms with Gasteiger partial charge in [0.1, 0.15) is 12.4 Å². The third-order valence-corrected chi connectivity index (χ3v) is 4.52. The van der Waals surface area contributed by atoms with Gasteiger partial charge in [0.25, 0.3) is 0 Å². The molecule has 0 radical (unpaired) electrons. The number of carbonyl (C=O) groups is 1. The van der Waals surface area contributed by atoms with E-state index in [2.05, 4.69) is 4.98 Å². The van der Waals surface area contributed by atoms with Crippen molar-refractivity contribution in [3.8, 4) is 5.75 Å². The third kappa shape index (κ3) is 4.34. The van der Waals surface area contributed by atoms with Crippen LogP contribution in [-0.2, 0) is 13.0 Å². The Labute approximate surface area is 148 Å². The maximum atomic E-state index is 11.2. The molecule has 1 aromatic heterocycles. The minimum absolute atomic E-state index is 0.347. The molecule has 0 spiro atoms. The van der Waals surface area contributed by atoms with Gasteiger partial charge in [0.2, 0.25) is 5.91 Å². The lowest BCUT2D eigenvalue weighted by Crippen LogP contribution is -2.10. The van der Waals surface area contributed by atoms with Crippen molar-refractivity contribution in [1.82, 2.24) is 4.98 Å². The number of benzene rings is 2. The van der Waals surface area contributed by atoms with E-state index in [0.29, 0.717) is 17.9 Å². The van der Waals surface area contributed by atoms with Crippen LogP contribution < -0.4 is 10.5 Å². The summed E-state index contributed by atoms with van der Waals surface area (Å²) in [5.74, 6) is 0.123. The minimum atomic E-state index is -0.473. The lowest BCUT2D eigenvalue weighted by molar-refractivity contribution is 0.1000. The molecule has 2 aromatic carbocycles. The molecule has 0 aliphatic carbocycles. The number of nitrogens with two attached hydrogens (primary N) is 1. The van der Waals surface area contributed by atoms with Crippen LogP contribution in [0.2, 0.25) is 5.02 Å². The smallest absolute Gasteiger partial charge is 0.248 e. The fourth-order valence-electron chi connectivity index (χ4n) is 2.17. The van der Waals surface area contributed by atoms with Gasteiger partial charge in [0, 0.05) is 22.4 Å². The van der Waals surface area contributed by atoms with Crippen LogP contribution in [0.25, 0.3) is 0 Å². The van der Waals surface area contributed by atoms with Gasteiger partial charge in [-0.1, -0.05) is 29.8 Å². The summed E-state index contributed by atoms with van der Waals surface area (Å²) in [6.07, 6.45) is 0.763. The normalized spacial score (nSPS) is 10.5. The van der Waals surface area contributed by atoms with Gasteiger partial charge in [-0.25, -0.2) is 4.98 Å². The van der Waals surface area contributed by atoms with E-state index in [1.165, 1.54) is 0 Å². The molecule has 0 bridgehead atoms. The first-order valence-corrected chi connectivity index (χ1v) is 8.56. The molecule has 3 aromatic rings. The third-order valence-electron chi connectivity index (χ3n) is 3.37. The van der Waals surface area contributed by atoms with Gasteiger partial charge < -0.3 is 10.5 Å². The molecule has 6 heteroatoms. The highest BCUT2D eigenvalue weighted by atomic mass is 35.5. The molecule has 0 aliphatic heterocycles. The topological polar surface area (TPSA) is 65.2 Å². The van der Waals surface area contributed by atoms with Gasteiger partial charge in [0.15, 0.2) is 0 Å². The number of amides is 1. The van der Waals surface area contributed by atoms with Crippen LogP contribution >= 0.6 is 22.9 Å². The molecule has 1 amide bonds. The summed E-state index contributed by atoms with van der Waals surface area (Å²) in [4.78, 5) is 15.7. The Hall–Kier alpha value is -2.37. The number of thiazole rings is 1. The summed E-state index contributed by atoms with van der Waals surface area (Å²) < 4.78 is 5.68. The van der Waals surface area contributed by atoms with E-state index in [0.717, 1.165) is 27.7 Å². The van der Waals surface area contributed by atoms with Crippen molar-refractivity contribution in [3.05, 3.63) is 80.8 Å². The number of rotatable bonds is 6. The zero-order valence-electron chi connectivity index (χ0n) is 12.7. The predicted octanol–water partition coefficient (Wildman–Crippen LogP) is 4.07. The number of hydrogen-bond donors (Lipinski definition) is 1. The van der Waals surface area contributed by atoms with E-state index < -0.39 is 5.91 Å². The fraction of sp³-hybridized carbons (Fsp3) is 0.111. The van der Waals surface area contributed by atoms with Crippen molar-refractivity contribution in [2.24, 2.45) is 5.73 Å². The molecule has 4 nitrogen and oxygen atoms in total. The largest absolute Gasteiger partial charge is 0.487 e. The lowest BCUT2D eigenvalue weighted by Gasteiger charge is -2.05. The van der Waals surface area contributed by atoms with Gasteiger partial charge in [-0.3, -0.25) is 4.79 Å². The van der Waals surface area contributed by atoms with Crippen LogP contribution in [0.5, 0.6) is 5.75 Å². The van der Waals surface area contributed by atoms with Gasteiger partial charge in [0.05, 0.1) is 10.7 Å². The van der Waals surface area contributed by atoms with Crippen LogP contribution in [-0.4, -0.2) is 10.9 Å². The van der Waals surface area contributed by atoms with Crippen molar-refractivity contribution in [2.75, 3.05) is 0 Å². The second-order valence-corrected chi connectivity index (χ2v) is 6.60. The van der Waals surface area contributed by atoms with Crippen LogP contribution in [0.1, 0.15) is 26.6 Å². The average molecular weight is 359 g/mol.